The number of carbonyl (C=O) groups is 1. The summed E-state index contributed by atoms with van der Waals surface area (Å²) in [6, 6.07) is 13.1. The van der Waals surface area contributed by atoms with Crippen molar-refractivity contribution in [1.82, 2.24) is 15.1 Å². The molecule has 1 atom stereocenters. The number of nitrogens with zero attached hydrogens (tertiary/aromatic N) is 3. The Hall–Kier alpha value is -2.91. The fourth-order valence-electron chi connectivity index (χ4n) is 4.76. The number of hydrogen-bond acceptors (Lipinski definition) is 5. The summed E-state index contributed by atoms with van der Waals surface area (Å²) in [4.78, 5) is 15.2. The Morgan fingerprint density at radius 2 is 2.03 bits per heavy atom. The van der Waals surface area contributed by atoms with Crippen molar-refractivity contribution < 1.29 is 17.9 Å². The fourth-order valence-corrected chi connectivity index (χ4v) is 6.39. The summed E-state index contributed by atoms with van der Waals surface area (Å²) in [6.07, 6.45) is 4.13. The van der Waals surface area contributed by atoms with Crippen molar-refractivity contribution in [3.05, 3.63) is 59.8 Å². The van der Waals surface area contributed by atoms with Gasteiger partial charge in [0.1, 0.15) is 0 Å². The molecule has 3 heterocycles. The lowest BCUT2D eigenvalue weighted by Gasteiger charge is -2.29. The minimum atomic E-state index is -3.33. The van der Waals surface area contributed by atoms with Crippen LogP contribution in [-0.4, -0.2) is 68.0 Å². The zero-order valence-corrected chi connectivity index (χ0v) is 19.3. The predicted molar refractivity (Wildman–Crippen MR) is 127 cm³/mol. The number of hydrogen-bond donors (Lipinski definition) is 1. The van der Waals surface area contributed by atoms with Gasteiger partial charge in [-0.15, -0.1) is 0 Å². The Balaban J connectivity index is 1.34. The van der Waals surface area contributed by atoms with Crippen molar-refractivity contribution in [2.75, 3.05) is 42.9 Å². The highest BCUT2D eigenvalue weighted by Crippen LogP contribution is 2.26. The molecule has 1 aromatic heterocycles. The van der Waals surface area contributed by atoms with E-state index in [0.29, 0.717) is 50.5 Å². The van der Waals surface area contributed by atoms with Gasteiger partial charge < -0.3 is 9.64 Å². The maximum atomic E-state index is 13.4. The molecule has 0 saturated carbocycles. The van der Waals surface area contributed by atoms with E-state index in [2.05, 4.69) is 16.3 Å². The van der Waals surface area contributed by atoms with Crippen LogP contribution in [0.5, 0.6) is 0 Å². The van der Waals surface area contributed by atoms with Crippen LogP contribution in [0, 0.1) is 5.92 Å². The summed E-state index contributed by atoms with van der Waals surface area (Å²) in [5, 5.41) is 8.24. The van der Waals surface area contributed by atoms with Crippen LogP contribution in [0.1, 0.15) is 28.8 Å². The summed E-state index contributed by atoms with van der Waals surface area (Å²) >= 11 is 0. The normalized spacial score (nSPS) is 21.2. The molecule has 33 heavy (non-hydrogen) atoms. The standard InChI is InChI=1S/C24H28N4O4S/c29-24(20-6-3-7-21(14-20)28-9-1-2-12-33(28,30)31)27-10-11-32-17-18(16-27)13-19-5-4-8-23-22(19)15-25-26-23/h3-8,14-15,18H,1-2,9-13,16-17H2,(H,25,26)/t18-/m0/s1. The molecule has 0 bridgehead atoms. The van der Waals surface area contributed by atoms with Gasteiger partial charge in [0.15, 0.2) is 0 Å². The van der Waals surface area contributed by atoms with E-state index in [0.717, 1.165) is 23.7 Å². The minimum absolute atomic E-state index is 0.0942. The van der Waals surface area contributed by atoms with Crippen LogP contribution in [0.4, 0.5) is 5.69 Å². The number of fused-ring (bicyclic) bond motifs is 1. The lowest BCUT2D eigenvalue weighted by atomic mass is 9.97. The van der Waals surface area contributed by atoms with Gasteiger partial charge in [-0.3, -0.25) is 14.2 Å². The molecule has 8 nitrogen and oxygen atoms in total. The molecule has 2 fully saturated rings. The van der Waals surface area contributed by atoms with Crippen LogP contribution in [-0.2, 0) is 21.2 Å². The van der Waals surface area contributed by atoms with E-state index >= 15 is 0 Å². The lowest BCUT2D eigenvalue weighted by Crippen LogP contribution is -2.38. The molecule has 1 amide bonds. The largest absolute Gasteiger partial charge is 0.379 e. The van der Waals surface area contributed by atoms with E-state index in [1.807, 2.05) is 23.2 Å². The van der Waals surface area contributed by atoms with E-state index in [4.69, 9.17) is 4.74 Å². The van der Waals surface area contributed by atoms with Gasteiger partial charge in [0.2, 0.25) is 10.0 Å². The molecule has 9 heteroatoms. The molecular weight excluding hydrogens is 440 g/mol. The molecule has 2 saturated heterocycles. The van der Waals surface area contributed by atoms with Crippen LogP contribution in [0.3, 0.4) is 0 Å². The summed E-state index contributed by atoms with van der Waals surface area (Å²) in [5.41, 5.74) is 3.25. The predicted octanol–water partition coefficient (Wildman–Crippen LogP) is 2.82. The molecule has 0 spiro atoms. The number of aromatic nitrogens is 2. The Morgan fingerprint density at radius 3 is 2.91 bits per heavy atom. The number of aromatic amines is 1. The zero-order valence-electron chi connectivity index (χ0n) is 18.4. The Labute approximate surface area is 193 Å². The van der Waals surface area contributed by atoms with Crippen LogP contribution < -0.4 is 4.31 Å². The monoisotopic (exact) mass is 468 g/mol. The molecule has 3 aromatic rings. The van der Waals surface area contributed by atoms with Crippen molar-refractivity contribution in [1.29, 1.82) is 0 Å². The fraction of sp³-hybridized carbons (Fsp3) is 0.417. The number of sulfonamides is 1. The van der Waals surface area contributed by atoms with Gasteiger partial charge in [-0.05, 0) is 49.1 Å². The van der Waals surface area contributed by atoms with Crippen molar-refractivity contribution in [3.8, 4) is 0 Å². The molecule has 0 radical (unpaired) electrons. The van der Waals surface area contributed by atoms with E-state index in [-0.39, 0.29) is 17.6 Å². The molecule has 5 rings (SSSR count). The van der Waals surface area contributed by atoms with Crippen LogP contribution in [0.15, 0.2) is 48.7 Å². The topological polar surface area (TPSA) is 95.6 Å². The van der Waals surface area contributed by atoms with E-state index in [1.165, 1.54) is 9.87 Å². The number of anilines is 1. The zero-order chi connectivity index (χ0) is 22.8. The van der Waals surface area contributed by atoms with Crippen LogP contribution in [0.25, 0.3) is 10.9 Å². The quantitative estimate of drug-likeness (QED) is 0.635. The molecule has 0 unspecified atom stereocenters. The van der Waals surface area contributed by atoms with E-state index < -0.39 is 10.0 Å². The minimum Gasteiger partial charge on any atom is -0.379 e. The first-order chi connectivity index (χ1) is 16.0. The lowest BCUT2D eigenvalue weighted by molar-refractivity contribution is 0.0737. The highest BCUT2D eigenvalue weighted by Gasteiger charge is 2.28. The molecule has 0 aliphatic carbocycles. The average molecular weight is 469 g/mol. The molecule has 2 aliphatic heterocycles. The smallest absolute Gasteiger partial charge is 0.254 e. The average Bonchev–Trinajstić information content (AvgIpc) is 3.18. The van der Waals surface area contributed by atoms with E-state index in [1.54, 1.807) is 24.3 Å². The summed E-state index contributed by atoms with van der Waals surface area (Å²) in [6.45, 7) is 2.62. The molecule has 1 N–H and O–H groups in total. The number of amides is 1. The second-order valence-electron chi connectivity index (χ2n) is 8.79. The third kappa shape index (κ3) is 4.60. The van der Waals surface area contributed by atoms with Gasteiger partial charge in [-0.25, -0.2) is 8.42 Å². The number of benzene rings is 2. The number of H-pyrrole nitrogens is 1. The van der Waals surface area contributed by atoms with Gasteiger partial charge in [0.05, 0.1) is 36.4 Å². The maximum absolute atomic E-state index is 13.4. The third-order valence-corrected chi connectivity index (χ3v) is 8.31. The molecule has 174 valence electrons. The Morgan fingerprint density at radius 1 is 1.15 bits per heavy atom. The third-order valence-electron chi connectivity index (χ3n) is 6.44. The van der Waals surface area contributed by atoms with Gasteiger partial charge in [-0.2, -0.15) is 5.10 Å². The van der Waals surface area contributed by atoms with Crippen molar-refractivity contribution in [2.45, 2.75) is 19.3 Å². The van der Waals surface area contributed by atoms with Crippen LogP contribution >= 0.6 is 0 Å². The summed E-state index contributed by atoms with van der Waals surface area (Å²) < 4.78 is 32.3. The van der Waals surface area contributed by atoms with Crippen molar-refractivity contribution >= 4 is 32.5 Å². The van der Waals surface area contributed by atoms with Gasteiger partial charge in [0.25, 0.3) is 5.91 Å². The Kier molecular flexibility index (Phi) is 6.07. The van der Waals surface area contributed by atoms with Gasteiger partial charge >= 0.3 is 0 Å². The first-order valence-electron chi connectivity index (χ1n) is 11.4. The van der Waals surface area contributed by atoms with E-state index in [9.17, 15) is 13.2 Å². The Bertz CT molecular complexity index is 1260. The summed E-state index contributed by atoms with van der Waals surface area (Å²) in [5.74, 6) is 0.214. The molecule has 2 aliphatic rings. The maximum Gasteiger partial charge on any atom is 0.254 e. The van der Waals surface area contributed by atoms with Gasteiger partial charge in [-0.1, -0.05) is 18.2 Å². The highest BCUT2D eigenvalue weighted by atomic mass is 32.2. The van der Waals surface area contributed by atoms with Gasteiger partial charge in [0, 0.05) is 36.5 Å². The number of ether oxygens (including phenoxy) is 1. The second-order valence-corrected chi connectivity index (χ2v) is 10.8. The van der Waals surface area contributed by atoms with Crippen molar-refractivity contribution in [2.24, 2.45) is 5.92 Å². The molecule has 2 aromatic carbocycles. The number of nitrogens with one attached hydrogen (secondary N) is 1. The number of rotatable bonds is 4. The SMILES string of the molecule is O=C(c1cccc(N2CCCCS2(=O)=O)c1)N1CCOC[C@@H](Cc2cccc3[nH]ncc23)C1. The second kappa shape index (κ2) is 9.15. The summed E-state index contributed by atoms with van der Waals surface area (Å²) in [7, 11) is -3.33. The van der Waals surface area contributed by atoms with Crippen molar-refractivity contribution in [3.63, 3.8) is 0 Å². The van der Waals surface area contributed by atoms with Crippen LogP contribution in [0.2, 0.25) is 0 Å². The number of carbonyl (C=O) groups excluding carboxylic acids is 1. The highest BCUT2D eigenvalue weighted by molar-refractivity contribution is 7.92. The first kappa shape index (κ1) is 21.9. The first-order valence-corrected chi connectivity index (χ1v) is 13.0. The molecular formula is C24H28N4O4S.